The molecule has 0 spiro atoms. The fourth-order valence-electron chi connectivity index (χ4n) is 1.73. The molecule has 96 valence electrons. The molecule has 0 amide bonds. The Labute approximate surface area is 103 Å². The first-order chi connectivity index (χ1) is 8.01. The molecule has 0 aliphatic heterocycles. The number of aliphatic hydroxyl groups is 1. The molecule has 0 bridgehead atoms. The van der Waals surface area contributed by atoms with Crippen LogP contribution < -0.4 is 4.72 Å². The van der Waals surface area contributed by atoms with Crippen molar-refractivity contribution < 1.29 is 13.5 Å². The topological polar surface area (TPSA) is 66.4 Å². The summed E-state index contributed by atoms with van der Waals surface area (Å²) in [6, 6.07) is 6.76. The van der Waals surface area contributed by atoms with Gasteiger partial charge in [-0.15, -0.1) is 0 Å². The molecule has 0 radical (unpaired) electrons. The quantitative estimate of drug-likeness (QED) is 0.807. The molecule has 1 atom stereocenters. The van der Waals surface area contributed by atoms with Gasteiger partial charge in [-0.3, -0.25) is 0 Å². The van der Waals surface area contributed by atoms with E-state index in [2.05, 4.69) is 4.72 Å². The summed E-state index contributed by atoms with van der Waals surface area (Å²) in [6.07, 6.45) is 1.43. The summed E-state index contributed by atoms with van der Waals surface area (Å²) in [5, 5.41) is 9.75. The van der Waals surface area contributed by atoms with Crippen molar-refractivity contribution in [2.24, 2.45) is 0 Å². The van der Waals surface area contributed by atoms with Crippen LogP contribution in [0.4, 0.5) is 0 Å². The monoisotopic (exact) mass is 257 g/mol. The molecule has 1 unspecified atom stereocenters. The van der Waals surface area contributed by atoms with Crippen LogP contribution in [0.5, 0.6) is 0 Å². The van der Waals surface area contributed by atoms with Crippen LogP contribution in [0, 0.1) is 0 Å². The minimum absolute atomic E-state index is 0.248. The summed E-state index contributed by atoms with van der Waals surface area (Å²) in [4.78, 5) is 0.248. The first kappa shape index (κ1) is 14.2. The molecule has 1 aromatic carbocycles. The van der Waals surface area contributed by atoms with E-state index in [1.807, 2.05) is 6.92 Å². The van der Waals surface area contributed by atoms with E-state index in [0.717, 1.165) is 6.42 Å². The van der Waals surface area contributed by atoms with Crippen molar-refractivity contribution in [1.82, 2.24) is 4.72 Å². The average Bonchev–Trinajstić information content (AvgIpc) is 2.30. The lowest BCUT2D eigenvalue weighted by Gasteiger charge is -2.13. The maximum Gasteiger partial charge on any atom is 0.240 e. The number of benzene rings is 1. The van der Waals surface area contributed by atoms with Crippen LogP contribution in [0.15, 0.2) is 29.2 Å². The number of rotatable bonds is 6. The predicted molar refractivity (Wildman–Crippen MR) is 67.3 cm³/mol. The van der Waals surface area contributed by atoms with E-state index in [1.165, 1.54) is 7.05 Å². The Morgan fingerprint density at radius 3 is 2.59 bits per heavy atom. The van der Waals surface area contributed by atoms with Gasteiger partial charge in [-0.05, 0) is 31.5 Å². The molecule has 0 saturated carbocycles. The van der Waals surface area contributed by atoms with E-state index in [4.69, 9.17) is 0 Å². The molecule has 0 aliphatic rings. The van der Waals surface area contributed by atoms with Crippen LogP contribution in [-0.2, 0) is 16.4 Å². The van der Waals surface area contributed by atoms with Crippen LogP contribution in [-0.4, -0.2) is 26.7 Å². The summed E-state index contributed by atoms with van der Waals surface area (Å²) in [6.45, 7) is 1.99. The van der Waals surface area contributed by atoms with Gasteiger partial charge in [0, 0.05) is 0 Å². The number of hydrogen-bond donors (Lipinski definition) is 2. The summed E-state index contributed by atoms with van der Waals surface area (Å²) in [7, 11) is -2.07. The number of nitrogens with one attached hydrogen (secondary N) is 1. The van der Waals surface area contributed by atoms with Crippen LogP contribution in [0.25, 0.3) is 0 Å². The Bertz CT molecular complexity index is 457. The summed E-state index contributed by atoms with van der Waals surface area (Å²) in [5.41, 5.74) is 0.655. The van der Waals surface area contributed by atoms with Gasteiger partial charge in [0.1, 0.15) is 0 Å². The summed E-state index contributed by atoms with van der Waals surface area (Å²) < 4.78 is 25.8. The number of sulfonamides is 1. The van der Waals surface area contributed by atoms with Gasteiger partial charge in [0.25, 0.3) is 0 Å². The van der Waals surface area contributed by atoms with E-state index < -0.39 is 16.1 Å². The minimum Gasteiger partial charge on any atom is -0.393 e. The van der Waals surface area contributed by atoms with Crippen molar-refractivity contribution in [3.63, 3.8) is 0 Å². The lowest BCUT2D eigenvalue weighted by Crippen LogP contribution is -2.21. The SMILES string of the molecule is CCCC(O)Cc1ccccc1S(=O)(=O)NC. The highest BCUT2D eigenvalue weighted by Crippen LogP contribution is 2.17. The summed E-state index contributed by atoms with van der Waals surface area (Å²) in [5.74, 6) is 0. The van der Waals surface area contributed by atoms with Crippen molar-refractivity contribution in [1.29, 1.82) is 0 Å². The van der Waals surface area contributed by atoms with E-state index in [0.29, 0.717) is 18.4 Å². The molecular formula is C12H19NO3S. The van der Waals surface area contributed by atoms with E-state index in [-0.39, 0.29) is 4.90 Å². The number of aliphatic hydroxyl groups excluding tert-OH is 1. The fourth-order valence-corrected chi connectivity index (χ4v) is 2.71. The lowest BCUT2D eigenvalue weighted by molar-refractivity contribution is 0.163. The van der Waals surface area contributed by atoms with Crippen molar-refractivity contribution in [3.8, 4) is 0 Å². The molecule has 4 nitrogen and oxygen atoms in total. The van der Waals surface area contributed by atoms with E-state index >= 15 is 0 Å². The third kappa shape index (κ3) is 3.80. The first-order valence-corrected chi connectivity index (χ1v) is 7.19. The Hall–Kier alpha value is -0.910. The minimum atomic E-state index is -3.45. The molecule has 2 N–H and O–H groups in total. The lowest BCUT2D eigenvalue weighted by atomic mass is 10.0. The fraction of sp³-hybridized carbons (Fsp3) is 0.500. The molecule has 0 aliphatic carbocycles. The second-order valence-corrected chi connectivity index (χ2v) is 5.82. The molecule has 0 fully saturated rings. The highest BCUT2D eigenvalue weighted by Gasteiger charge is 2.17. The second-order valence-electron chi connectivity index (χ2n) is 3.96. The van der Waals surface area contributed by atoms with Crippen LogP contribution >= 0.6 is 0 Å². The molecular weight excluding hydrogens is 238 g/mol. The van der Waals surface area contributed by atoms with Gasteiger partial charge in [0.2, 0.25) is 10.0 Å². The highest BCUT2D eigenvalue weighted by atomic mass is 32.2. The van der Waals surface area contributed by atoms with E-state index in [9.17, 15) is 13.5 Å². The molecule has 0 saturated heterocycles. The zero-order valence-electron chi connectivity index (χ0n) is 10.2. The highest BCUT2D eigenvalue weighted by molar-refractivity contribution is 7.89. The second kappa shape index (κ2) is 6.14. The van der Waals surface area contributed by atoms with Crippen LogP contribution in [0.1, 0.15) is 25.3 Å². The Morgan fingerprint density at radius 2 is 2.00 bits per heavy atom. The molecule has 1 rings (SSSR count). The van der Waals surface area contributed by atoms with Gasteiger partial charge in [-0.2, -0.15) is 0 Å². The third-order valence-corrected chi connectivity index (χ3v) is 4.12. The zero-order valence-corrected chi connectivity index (χ0v) is 11.0. The van der Waals surface area contributed by atoms with Gasteiger partial charge in [-0.1, -0.05) is 31.5 Å². The van der Waals surface area contributed by atoms with Crippen LogP contribution in [0.2, 0.25) is 0 Å². The smallest absolute Gasteiger partial charge is 0.240 e. The molecule has 5 heteroatoms. The van der Waals surface area contributed by atoms with Crippen molar-refractivity contribution in [2.75, 3.05) is 7.05 Å². The third-order valence-electron chi connectivity index (χ3n) is 2.61. The zero-order chi connectivity index (χ0) is 12.9. The Balaban J connectivity index is 3.01. The Kier molecular flexibility index (Phi) is 5.11. The molecule has 0 aromatic heterocycles. The number of hydrogen-bond acceptors (Lipinski definition) is 3. The van der Waals surface area contributed by atoms with Gasteiger partial charge >= 0.3 is 0 Å². The average molecular weight is 257 g/mol. The van der Waals surface area contributed by atoms with Gasteiger partial charge in [-0.25, -0.2) is 13.1 Å². The van der Waals surface area contributed by atoms with Gasteiger partial charge in [0.15, 0.2) is 0 Å². The predicted octanol–water partition coefficient (Wildman–Crippen LogP) is 1.30. The van der Waals surface area contributed by atoms with Crippen molar-refractivity contribution in [2.45, 2.75) is 37.2 Å². The molecule has 0 heterocycles. The van der Waals surface area contributed by atoms with E-state index in [1.54, 1.807) is 24.3 Å². The normalized spacial score (nSPS) is 13.6. The molecule has 1 aromatic rings. The van der Waals surface area contributed by atoms with Crippen molar-refractivity contribution in [3.05, 3.63) is 29.8 Å². The maximum absolute atomic E-state index is 11.8. The van der Waals surface area contributed by atoms with Gasteiger partial charge in [0.05, 0.1) is 11.0 Å². The maximum atomic E-state index is 11.8. The van der Waals surface area contributed by atoms with Gasteiger partial charge < -0.3 is 5.11 Å². The largest absolute Gasteiger partial charge is 0.393 e. The first-order valence-electron chi connectivity index (χ1n) is 5.70. The standard InChI is InChI=1S/C12H19NO3S/c1-3-6-11(14)9-10-7-4-5-8-12(10)17(15,16)13-2/h4-5,7-8,11,13-14H,3,6,9H2,1-2H3. The van der Waals surface area contributed by atoms with Crippen molar-refractivity contribution >= 4 is 10.0 Å². The Morgan fingerprint density at radius 1 is 1.35 bits per heavy atom. The summed E-state index contributed by atoms with van der Waals surface area (Å²) >= 11 is 0. The molecule has 17 heavy (non-hydrogen) atoms. The van der Waals surface area contributed by atoms with Crippen LogP contribution in [0.3, 0.4) is 0 Å².